The molecular formula is C15H20N2S. The zero-order valence-corrected chi connectivity index (χ0v) is 12.0. The SMILES string of the molecule is Cc1ncsc1C(C)NCC(C)c1ccccc1. The van der Waals surface area contributed by atoms with Gasteiger partial charge in [-0.15, -0.1) is 11.3 Å². The quantitative estimate of drug-likeness (QED) is 0.881. The standard InChI is InChI=1S/C15H20N2S/c1-11(14-7-5-4-6-8-14)9-16-12(2)15-13(3)17-10-18-15/h4-8,10-12,16H,9H2,1-3H3. The highest BCUT2D eigenvalue weighted by atomic mass is 32.1. The Morgan fingerprint density at radius 2 is 1.94 bits per heavy atom. The van der Waals surface area contributed by atoms with E-state index in [1.165, 1.54) is 10.4 Å². The van der Waals surface area contributed by atoms with E-state index in [9.17, 15) is 0 Å². The van der Waals surface area contributed by atoms with Gasteiger partial charge in [-0.25, -0.2) is 4.98 Å². The molecule has 18 heavy (non-hydrogen) atoms. The van der Waals surface area contributed by atoms with E-state index in [0.29, 0.717) is 12.0 Å². The van der Waals surface area contributed by atoms with Gasteiger partial charge in [-0.2, -0.15) is 0 Å². The van der Waals surface area contributed by atoms with Gasteiger partial charge in [-0.1, -0.05) is 37.3 Å². The first kappa shape index (κ1) is 13.2. The number of hydrogen-bond donors (Lipinski definition) is 1. The molecule has 1 heterocycles. The average molecular weight is 260 g/mol. The molecule has 3 heteroatoms. The van der Waals surface area contributed by atoms with Gasteiger partial charge in [0.2, 0.25) is 0 Å². The van der Waals surface area contributed by atoms with E-state index in [0.717, 1.165) is 12.2 Å². The first-order valence-corrected chi connectivity index (χ1v) is 7.24. The third kappa shape index (κ3) is 3.18. The van der Waals surface area contributed by atoms with Crippen molar-refractivity contribution in [2.45, 2.75) is 32.7 Å². The fraction of sp³-hybridized carbons (Fsp3) is 0.400. The number of thiazole rings is 1. The van der Waals surface area contributed by atoms with Crippen LogP contribution in [0.1, 0.15) is 41.9 Å². The molecule has 2 rings (SSSR count). The second-order valence-corrected chi connectivity index (χ2v) is 5.63. The van der Waals surface area contributed by atoms with Crippen molar-refractivity contribution in [3.8, 4) is 0 Å². The minimum atomic E-state index is 0.378. The Bertz CT molecular complexity index is 478. The van der Waals surface area contributed by atoms with Crippen molar-refractivity contribution in [2.24, 2.45) is 0 Å². The van der Waals surface area contributed by atoms with Crippen molar-refractivity contribution < 1.29 is 0 Å². The van der Waals surface area contributed by atoms with Gasteiger partial charge in [0, 0.05) is 17.5 Å². The van der Waals surface area contributed by atoms with E-state index in [2.05, 4.69) is 61.4 Å². The van der Waals surface area contributed by atoms with Crippen LogP contribution in [0, 0.1) is 6.92 Å². The maximum Gasteiger partial charge on any atom is 0.0798 e. The summed E-state index contributed by atoms with van der Waals surface area (Å²) in [6, 6.07) is 11.0. The number of nitrogens with zero attached hydrogens (tertiary/aromatic N) is 1. The molecule has 1 aromatic heterocycles. The molecular weight excluding hydrogens is 240 g/mol. The van der Waals surface area contributed by atoms with Gasteiger partial charge in [0.1, 0.15) is 0 Å². The highest BCUT2D eigenvalue weighted by Crippen LogP contribution is 2.22. The van der Waals surface area contributed by atoms with E-state index in [1.807, 2.05) is 5.51 Å². The Morgan fingerprint density at radius 1 is 1.22 bits per heavy atom. The predicted molar refractivity (Wildman–Crippen MR) is 78.1 cm³/mol. The summed E-state index contributed by atoms with van der Waals surface area (Å²) in [6.45, 7) is 7.53. The normalized spacial score (nSPS) is 14.4. The molecule has 0 saturated carbocycles. The molecule has 2 aromatic rings. The van der Waals surface area contributed by atoms with Crippen LogP contribution < -0.4 is 5.32 Å². The maximum absolute atomic E-state index is 4.30. The Labute approximate surface area is 113 Å². The smallest absolute Gasteiger partial charge is 0.0798 e. The largest absolute Gasteiger partial charge is 0.309 e. The molecule has 96 valence electrons. The molecule has 2 atom stereocenters. The van der Waals surface area contributed by atoms with Crippen LogP contribution in [0.15, 0.2) is 35.8 Å². The van der Waals surface area contributed by atoms with Crippen LogP contribution in [0.3, 0.4) is 0 Å². The summed E-state index contributed by atoms with van der Waals surface area (Å²) in [5.74, 6) is 0.530. The van der Waals surface area contributed by atoms with Crippen molar-refractivity contribution in [2.75, 3.05) is 6.54 Å². The van der Waals surface area contributed by atoms with E-state index in [1.54, 1.807) is 11.3 Å². The van der Waals surface area contributed by atoms with Crippen LogP contribution in [0.25, 0.3) is 0 Å². The average Bonchev–Trinajstić information content (AvgIpc) is 2.83. The lowest BCUT2D eigenvalue weighted by Crippen LogP contribution is -2.23. The van der Waals surface area contributed by atoms with Crippen LogP contribution in [0.4, 0.5) is 0 Å². The lowest BCUT2D eigenvalue weighted by Gasteiger charge is -2.17. The summed E-state index contributed by atoms with van der Waals surface area (Å²) >= 11 is 1.73. The Morgan fingerprint density at radius 3 is 2.56 bits per heavy atom. The zero-order chi connectivity index (χ0) is 13.0. The monoisotopic (exact) mass is 260 g/mol. The van der Waals surface area contributed by atoms with Crippen LogP contribution >= 0.6 is 11.3 Å². The molecule has 0 aliphatic carbocycles. The lowest BCUT2D eigenvalue weighted by atomic mass is 10.0. The van der Waals surface area contributed by atoms with Gasteiger partial charge in [-0.3, -0.25) is 0 Å². The number of benzene rings is 1. The van der Waals surface area contributed by atoms with Gasteiger partial charge in [0.25, 0.3) is 0 Å². The third-order valence-electron chi connectivity index (χ3n) is 3.27. The summed E-state index contributed by atoms with van der Waals surface area (Å²) in [5, 5.41) is 3.59. The molecule has 0 fully saturated rings. The molecule has 2 unspecified atom stereocenters. The zero-order valence-electron chi connectivity index (χ0n) is 11.2. The molecule has 0 saturated heterocycles. The van der Waals surface area contributed by atoms with Crippen molar-refractivity contribution in [1.29, 1.82) is 0 Å². The fourth-order valence-corrected chi connectivity index (χ4v) is 2.91. The van der Waals surface area contributed by atoms with Crippen LogP contribution in [-0.2, 0) is 0 Å². The van der Waals surface area contributed by atoms with Gasteiger partial charge < -0.3 is 5.32 Å². The van der Waals surface area contributed by atoms with Crippen molar-refractivity contribution in [1.82, 2.24) is 10.3 Å². The first-order valence-electron chi connectivity index (χ1n) is 6.36. The number of rotatable bonds is 5. The summed E-state index contributed by atoms with van der Waals surface area (Å²) in [4.78, 5) is 5.64. The van der Waals surface area contributed by atoms with E-state index < -0.39 is 0 Å². The van der Waals surface area contributed by atoms with Crippen molar-refractivity contribution in [3.05, 3.63) is 52.0 Å². The molecule has 0 amide bonds. The minimum Gasteiger partial charge on any atom is -0.309 e. The molecule has 1 aromatic carbocycles. The number of aromatic nitrogens is 1. The topological polar surface area (TPSA) is 24.9 Å². The Hall–Kier alpha value is -1.19. The molecule has 1 N–H and O–H groups in total. The molecule has 2 nitrogen and oxygen atoms in total. The number of aryl methyl sites for hydroxylation is 1. The van der Waals surface area contributed by atoms with Gasteiger partial charge in [0.15, 0.2) is 0 Å². The highest BCUT2D eigenvalue weighted by molar-refractivity contribution is 7.09. The highest BCUT2D eigenvalue weighted by Gasteiger charge is 2.12. The molecule has 0 aliphatic heterocycles. The summed E-state index contributed by atoms with van der Waals surface area (Å²) in [6.07, 6.45) is 0. The van der Waals surface area contributed by atoms with E-state index in [4.69, 9.17) is 0 Å². The van der Waals surface area contributed by atoms with Gasteiger partial charge in [-0.05, 0) is 25.3 Å². The predicted octanol–water partition coefficient (Wildman–Crippen LogP) is 3.91. The summed E-state index contributed by atoms with van der Waals surface area (Å²) < 4.78 is 0. The second kappa shape index (κ2) is 6.12. The van der Waals surface area contributed by atoms with E-state index >= 15 is 0 Å². The Balaban J connectivity index is 1.90. The molecule has 0 aliphatic rings. The second-order valence-electron chi connectivity index (χ2n) is 4.74. The number of hydrogen-bond acceptors (Lipinski definition) is 3. The van der Waals surface area contributed by atoms with Crippen LogP contribution in [0.5, 0.6) is 0 Å². The first-order chi connectivity index (χ1) is 8.68. The van der Waals surface area contributed by atoms with Crippen molar-refractivity contribution >= 4 is 11.3 Å². The summed E-state index contributed by atoms with van der Waals surface area (Å²) in [5.41, 5.74) is 4.45. The fourth-order valence-electron chi connectivity index (χ4n) is 2.07. The van der Waals surface area contributed by atoms with Crippen LogP contribution in [0.2, 0.25) is 0 Å². The summed E-state index contributed by atoms with van der Waals surface area (Å²) in [7, 11) is 0. The van der Waals surface area contributed by atoms with Gasteiger partial charge in [0.05, 0.1) is 11.2 Å². The van der Waals surface area contributed by atoms with Crippen molar-refractivity contribution in [3.63, 3.8) is 0 Å². The Kier molecular flexibility index (Phi) is 4.50. The van der Waals surface area contributed by atoms with Gasteiger partial charge >= 0.3 is 0 Å². The lowest BCUT2D eigenvalue weighted by molar-refractivity contribution is 0.540. The third-order valence-corrected chi connectivity index (χ3v) is 4.39. The van der Waals surface area contributed by atoms with Crippen LogP contribution in [-0.4, -0.2) is 11.5 Å². The molecule has 0 radical (unpaired) electrons. The molecule has 0 bridgehead atoms. The number of nitrogens with one attached hydrogen (secondary N) is 1. The molecule has 0 spiro atoms. The van der Waals surface area contributed by atoms with E-state index in [-0.39, 0.29) is 0 Å². The minimum absolute atomic E-state index is 0.378. The maximum atomic E-state index is 4.30.